The number of halogens is 1. The second kappa shape index (κ2) is 8.20. The number of nitrogens with zero attached hydrogens (tertiary/aromatic N) is 3. The van der Waals surface area contributed by atoms with Crippen LogP contribution in [0.4, 0.5) is 5.69 Å². The molecule has 2 heterocycles. The number of aromatic nitrogens is 2. The van der Waals surface area contributed by atoms with Crippen molar-refractivity contribution < 1.29 is 14.3 Å². The smallest absolute Gasteiger partial charge is 0.251 e. The monoisotopic (exact) mass is 424 g/mol. The summed E-state index contributed by atoms with van der Waals surface area (Å²) in [5.74, 6) is 0.187. The summed E-state index contributed by atoms with van der Waals surface area (Å²) < 4.78 is 7.41. The van der Waals surface area contributed by atoms with Gasteiger partial charge < -0.3 is 19.5 Å². The number of aryl methyl sites for hydroxylation is 1. The third-order valence-electron chi connectivity index (χ3n) is 5.08. The maximum atomic E-state index is 12.9. The van der Waals surface area contributed by atoms with E-state index in [1.807, 2.05) is 35.9 Å². The molecule has 8 heteroatoms. The van der Waals surface area contributed by atoms with Crippen molar-refractivity contribution in [1.82, 2.24) is 14.9 Å². The molecule has 30 heavy (non-hydrogen) atoms. The first-order chi connectivity index (χ1) is 14.5. The summed E-state index contributed by atoms with van der Waals surface area (Å²) in [6.07, 6.45) is 4.15. The third kappa shape index (κ3) is 3.89. The Bertz CT molecular complexity index is 1090. The van der Waals surface area contributed by atoms with Gasteiger partial charge in [0.25, 0.3) is 5.91 Å². The molecule has 0 aliphatic carbocycles. The van der Waals surface area contributed by atoms with Gasteiger partial charge in [-0.25, -0.2) is 4.98 Å². The van der Waals surface area contributed by atoms with Crippen LogP contribution in [-0.2, 0) is 4.79 Å². The SMILES string of the molecule is COc1cc(N2CCC(NC(=O)c3ccc(Cl)cc3)C2=O)ccc1-n1cnc(C)c1. The molecule has 1 atom stereocenters. The predicted octanol–water partition coefficient (Wildman–Crippen LogP) is 3.38. The van der Waals surface area contributed by atoms with Crippen LogP contribution in [0.25, 0.3) is 5.69 Å². The highest BCUT2D eigenvalue weighted by Gasteiger charge is 2.34. The largest absolute Gasteiger partial charge is 0.494 e. The lowest BCUT2D eigenvalue weighted by Crippen LogP contribution is -2.41. The molecule has 1 aliphatic heterocycles. The number of amides is 2. The Hall–Kier alpha value is -3.32. The average Bonchev–Trinajstić information content (AvgIpc) is 3.34. The van der Waals surface area contributed by atoms with Crippen LogP contribution in [-0.4, -0.2) is 41.1 Å². The van der Waals surface area contributed by atoms with Gasteiger partial charge in [-0.2, -0.15) is 0 Å². The molecule has 2 amide bonds. The van der Waals surface area contributed by atoms with Crippen molar-refractivity contribution in [3.05, 3.63) is 71.3 Å². The molecule has 2 aromatic carbocycles. The number of hydrogen-bond donors (Lipinski definition) is 1. The summed E-state index contributed by atoms with van der Waals surface area (Å²) in [6, 6.07) is 11.6. The second-order valence-electron chi connectivity index (χ2n) is 7.09. The molecule has 0 bridgehead atoms. The Morgan fingerprint density at radius 1 is 1.23 bits per heavy atom. The van der Waals surface area contributed by atoms with Crippen molar-refractivity contribution >= 4 is 29.1 Å². The Kier molecular flexibility index (Phi) is 5.46. The maximum absolute atomic E-state index is 12.9. The first-order valence-corrected chi connectivity index (χ1v) is 9.91. The highest BCUT2D eigenvalue weighted by atomic mass is 35.5. The van der Waals surface area contributed by atoms with E-state index in [0.717, 1.165) is 17.1 Å². The topological polar surface area (TPSA) is 76.5 Å². The summed E-state index contributed by atoms with van der Waals surface area (Å²) in [5.41, 5.74) is 2.92. The van der Waals surface area contributed by atoms with Crippen molar-refractivity contribution in [2.24, 2.45) is 0 Å². The van der Waals surface area contributed by atoms with Crippen molar-refractivity contribution in [3.63, 3.8) is 0 Å². The molecular weight excluding hydrogens is 404 g/mol. The van der Waals surface area contributed by atoms with Gasteiger partial charge >= 0.3 is 0 Å². The van der Waals surface area contributed by atoms with E-state index in [0.29, 0.717) is 29.3 Å². The molecule has 1 saturated heterocycles. The van der Waals surface area contributed by atoms with Gasteiger partial charge in [0.15, 0.2) is 0 Å². The Labute approximate surface area is 179 Å². The first-order valence-electron chi connectivity index (χ1n) is 9.53. The summed E-state index contributed by atoms with van der Waals surface area (Å²) in [4.78, 5) is 31.3. The summed E-state index contributed by atoms with van der Waals surface area (Å²) >= 11 is 5.87. The Morgan fingerprint density at radius 3 is 2.67 bits per heavy atom. The van der Waals surface area contributed by atoms with Crippen molar-refractivity contribution in [2.75, 3.05) is 18.6 Å². The Morgan fingerprint density at radius 2 is 2.00 bits per heavy atom. The molecule has 0 radical (unpaired) electrons. The zero-order valence-corrected chi connectivity index (χ0v) is 17.4. The van der Waals surface area contributed by atoms with E-state index in [1.165, 1.54) is 0 Å². The number of imidazole rings is 1. The molecule has 4 rings (SSSR count). The van der Waals surface area contributed by atoms with E-state index >= 15 is 0 Å². The molecule has 3 aromatic rings. The zero-order chi connectivity index (χ0) is 21.3. The van der Waals surface area contributed by atoms with Crippen molar-refractivity contribution in [2.45, 2.75) is 19.4 Å². The first kappa shape index (κ1) is 20.0. The van der Waals surface area contributed by atoms with E-state index in [1.54, 1.807) is 42.6 Å². The lowest BCUT2D eigenvalue weighted by molar-refractivity contribution is -0.118. The van der Waals surface area contributed by atoms with Crippen LogP contribution < -0.4 is 15.0 Å². The molecule has 0 spiro atoms. The summed E-state index contributed by atoms with van der Waals surface area (Å²) in [5, 5.41) is 3.37. The number of ether oxygens (including phenoxy) is 1. The fraction of sp³-hybridized carbons (Fsp3) is 0.227. The number of nitrogens with one attached hydrogen (secondary N) is 1. The van der Waals surface area contributed by atoms with E-state index in [2.05, 4.69) is 10.3 Å². The standard InChI is InChI=1S/C22H21ClN4O3/c1-14-12-26(13-24-14)19-8-7-17(11-20(19)30-2)27-10-9-18(22(27)29)25-21(28)15-3-5-16(23)6-4-15/h3-8,11-13,18H,9-10H2,1-2H3,(H,25,28). The van der Waals surface area contributed by atoms with Gasteiger partial charge in [-0.1, -0.05) is 11.6 Å². The minimum atomic E-state index is -0.574. The number of benzene rings is 2. The molecule has 0 saturated carbocycles. The average molecular weight is 425 g/mol. The maximum Gasteiger partial charge on any atom is 0.251 e. The lowest BCUT2D eigenvalue weighted by atomic mass is 10.2. The van der Waals surface area contributed by atoms with Crippen molar-refractivity contribution in [1.29, 1.82) is 0 Å². The van der Waals surface area contributed by atoms with Crippen LogP contribution in [0.1, 0.15) is 22.5 Å². The molecule has 154 valence electrons. The number of methoxy groups -OCH3 is 1. The highest BCUT2D eigenvalue weighted by molar-refractivity contribution is 6.30. The second-order valence-corrected chi connectivity index (χ2v) is 7.53. The molecule has 1 aliphatic rings. The van der Waals surface area contributed by atoms with Gasteiger partial charge in [0, 0.05) is 35.1 Å². The van der Waals surface area contributed by atoms with E-state index in [-0.39, 0.29) is 11.8 Å². The zero-order valence-electron chi connectivity index (χ0n) is 16.6. The van der Waals surface area contributed by atoms with Gasteiger partial charge in [-0.3, -0.25) is 9.59 Å². The molecule has 1 fully saturated rings. The van der Waals surface area contributed by atoms with Crippen LogP contribution in [0.2, 0.25) is 5.02 Å². The van der Waals surface area contributed by atoms with Gasteiger partial charge in [0.1, 0.15) is 11.8 Å². The van der Waals surface area contributed by atoms with Gasteiger partial charge in [0.2, 0.25) is 5.91 Å². The number of carbonyl (C=O) groups is 2. The van der Waals surface area contributed by atoms with Gasteiger partial charge in [0.05, 0.1) is 24.8 Å². The highest BCUT2D eigenvalue weighted by Crippen LogP contribution is 2.31. The molecule has 1 N–H and O–H groups in total. The van der Waals surface area contributed by atoms with Gasteiger partial charge in [-0.15, -0.1) is 0 Å². The fourth-order valence-electron chi connectivity index (χ4n) is 3.51. The normalized spacial score (nSPS) is 16.0. The van der Waals surface area contributed by atoms with Crippen LogP contribution >= 0.6 is 11.6 Å². The van der Waals surface area contributed by atoms with Crippen molar-refractivity contribution in [3.8, 4) is 11.4 Å². The summed E-state index contributed by atoms with van der Waals surface area (Å²) in [6.45, 7) is 2.43. The number of carbonyl (C=O) groups excluding carboxylic acids is 2. The lowest BCUT2D eigenvalue weighted by Gasteiger charge is -2.19. The minimum absolute atomic E-state index is 0.148. The third-order valence-corrected chi connectivity index (χ3v) is 5.33. The summed E-state index contributed by atoms with van der Waals surface area (Å²) in [7, 11) is 1.59. The number of rotatable bonds is 5. The molecule has 1 aromatic heterocycles. The predicted molar refractivity (Wildman–Crippen MR) is 115 cm³/mol. The van der Waals surface area contributed by atoms with Crippen LogP contribution in [0.5, 0.6) is 5.75 Å². The molecule has 7 nitrogen and oxygen atoms in total. The number of hydrogen-bond acceptors (Lipinski definition) is 4. The van der Waals surface area contributed by atoms with Crippen LogP contribution in [0.15, 0.2) is 55.0 Å². The Balaban J connectivity index is 1.50. The quantitative estimate of drug-likeness (QED) is 0.681. The van der Waals surface area contributed by atoms with E-state index in [4.69, 9.17) is 16.3 Å². The van der Waals surface area contributed by atoms with E-state index < -0.39 is 6.04 Å². The van der Waals surface area contributed by atoms with Crippen LogP contribution in [0, 0.1) is 6.92 Å². The molecule has 1 unspecified atom stereocenters. The van der Waals surface area contributed by atoms with Gasteiger partial charge in [-0.05, 0) is 49.7 Å². The fourth-order valence-corrected chi connectivity index (χ4v) is 3.64. The van der Waals surface area contributed by atoms with E-state index in [9.17, 15) is 9.59 Å². The number of anilines is 1. The van der Waals surface area contributed by atoms with Crippen LogP contribution in [0.3, 0.4) is 0 Å². The minimum Gasteiger partial charge on any atom is -0.494 e. The molecular formula is C22H21ClN4O3.